The van der Waals surface area contributed by atoms with Gasteiger partial charge in [-0.15, -0.1) is 0 Å². The molecule has 0 spiro atoms. The maximum atomic E-state index is 12.6. The fourth-order valence-electron chi connectivity index (χ4n) is 2.87. The predicted molar refractivity (Wildman–Crippen MR) is 106 cm³/mol. The van der Waals surface area contributed by atoms with Gasteiger partial charge in [-0.1, -0.05) is 17.4 Å². The van der Waals surface area contributed by atoms with E-state index in [-0.39, 0.29) is 18.0 Å². The topological polar surface area (TPSA) is 96.0 Å². The van der Waals surface area contributed by atoms with Crippen molar-refractivity contribution in [1.29, 1.82) is 0 Å². The van der Waals surface area contributed by atoms with E-state index in [9.17, 15) is 14.9 Å². The number of benzene rings is 2. The van der Waals surface area contributed by atoms with Crippen molar-refractivity contribution >= 4 is 33.1 Å². The average molecular weight is 401 g/mol. The molecule has 0 bridgehead atoms. The summed E-state index contributed by atoms with van der Waals surface area (Å²) in [6, 6.07) is 9.89. The van der Waals surface area contributed by atoms with Crippen LogP contribution in [0.25, 0.3) is 10.2 Å². The number of methoxy groups -OCH3 is 2. The number of fused-ring (bicyclic) bond motifs is 1. The van der Waals surface area contributed by atoms with E-state index in [4.69, 9.17) is 9.47 Å². The minimum Gasteiger partial charge on any atom is -0.497 e. The van der Waals surface area contributed by atoms with Crippen LogP contribution in [0, 0.1) is 10.1 Å². The summed E-state index contributed by atoms with van der Waals surface area (Å²) < 4.78 is 13.1. The molecule has 3 rings (SSSR count). The second-order valence-corrected chi connectivity index (χ2v) is 6.91. The van der Waals surface area contributed by atoms with Crippen LogP contribution in [0.2, 0.25) is 0 Å². The number of nitro benzene ring substituents is 1. The van der Waals surface area contributed by atoms with Crippen molar-refractivity contribution in [3.63, 3.8) is 0 Å². The molecular formula is C19H19N3O5S. The smallest absolute Gasteiger partial charge is 0.270 e. The SMILES string of the molecule is CCn1c(=NC(=O)Cc2ccc(OC)cc2OC)sc2cc([N+](=O)[O-])ccc21. The van der Waals surface area contributed by atoms with Crippen molar-refractivity contribution in [2.24, 2.45) is 4.99 Å². The molecule has 0 saturated carbocycles. The van der Waals surface area contributed by atoms with Crippen LogP contribution in [0.15, 0.2) is 41.4 Å². The molecule has 9 heteroatoms. The second kappa shape index (κ2) is 8.22. The van der Waals surface area contributed by atoms with E-state index < -0.39 is 4.92 Å². The maximum Gasteiger partial charge on any atom is 0.270 e. The zero-order chi connectivity index (χ0) is 20.3. The number of carbonyl (C=O) groups is 1. The molecule has 0 saturated heterocycles. The van der Waals surface area contributed by atoms with Crippen molar-refractivity contribution in [3.05, 3.63) is 56.9 Å². The van der Waals surface area contributed by atoms with Gasteiger partial charge in [-0.25, -0.2) is 0 Å². The molecule has 1 heterocycles. The number of rotatable bonds is 6. The summed E-state index contributed by atoms with van der Waals surface area (Å²) in [4.78, 5) is 27.9. The fraction of sp³-hybridized carbons (Fsp3) is 0.263. The first-order valence-electron chi connectivity index (χ1n) is 8.53. The van der Waals surface area contributed by atoms with Gasteiger partial charge in [0.05, 0.1) is 35.8 Å². The third-order valence-corrected chi connectivity index (χ3v) is 5.29. The van der Waals surface area contributed by atoms with Crippen molar-refractivity contribution in [3.8, 4) is 11.5 Å². The molecule has 2 aromatic carbocycles. The molecule has 146 valence electrons. The lowest BCUT2D eigenvalue weighted by Gasteiger charge is -2.08. The maximum absolute atomic E-state index is 12.6. The number of hydrogen-bond donors (Lipinski definition) is 0. The quantitative estimate of drug-likeness (QED) is 0.466. The molecule has 0 radical (unpaired) electrons. The molecule has 3 aromatic rings. The summed E-state index contributed by atoms with van der Waals surface area (Å²) in [5, 5.41) is 11.0. The van der Waals surface area contributed by atoms with Gasteiger partial charge in [-0.2, -0.15) is 4.99 Å². The van der Waals surface area contributed by atoms with Crippen LogP contribution < -0.4 is 14.3 Å². The molecule has 8 nitrogen and oxygen atoms in total. The Bertz CT molecular complexity index is 1120. The average Bonchev–Trinajstić information content (AvgIpc) is 3.03. The summed E-state index contributed by atoms with van der Waals surface area (Å²) in [5.74, 6) is 0.866. The van der Waals surface area contributed by atoms with Gasteiger partial charge in [0.25, 0.3) is 11.6 Å². The number of carbonyl (C=O) groups excluding carboxylic acids is 1. The molecule has 28 heavy (non-hydrogen) atoms. The largest absolute Gasteiger partial charge is 0.497 e. The lowest BCUT2D eigenvalue weighted by Crippen LogP contribution is -2.16. The molecule has 0 atom stereocenters. The van der Waals surface area contributed by atoms with Crippen molar-refractivity contribution in [1.82, 2.24) is 4.57 Å². The highest BCUT2D eigenvalue weighted by atomic mass is 32.1. The number of nitro groups is 1. The van der Waals surface area contributed by atoms with Gasteiger partial charge in [-0.05, 0) is 19.1 Å². The predicted octanol–water partition coefficient (Wildman–Crippen LogP) is 3.32. The first kappa shape index (κ1) is 19.6. The minimum absolute atomic E-state index is 0.0119. The molecule has 0 fully saturated rings. The highest BCUT2D eigenvalue weighted by Gasteiger charge is 2.13. The van der Waals surface area contributed by atoms with Crippen molar-refractivity contribution in [2.75, 3.05) is 14.2 Å². The van der Waals surface area contributed by atoms with Crippen LogP contribution in [-0.4, -0.2) is 29.6 Å². The summed E-state index contributed by atoms with van der Waals surface area (Å²) in [5.41, 5.74) is 1.53. The summed E-state index contributed by atoms with van der Waals surface area (Å²) in [6.07, 6.45) is 0.0747. The van der Waals surface area contributed by atoms with E-state index in [1.807, 2.05) is 11.5 Å². The van der Waals surface area contributed by atoms with Gasteiger partial charge in [-0.3, -0.25) is 14.9 Å². The van der Waals surface area contributed by atoms with Crippen LogP contribution in [0.4, 0.5) is 5.69 Å². The highest BCUT2D eigenvalue weighted by molar-refractivity contribution is 7.16. The Balaban J connectivity index is 1.97. The monoisotopic (exact) mass is 401 g/mol. The van der Waals surface area contributed by atoms with Gasteiger partial charge in [0.15, 0.2) is 4.80 Å². The van der Waals surface area contributed by atoms with Crippen molar-refractivity contribution < 1.29 is 19.2 Å². The van der Waals surface area contributed by atoms with Crippen LogP contribution in [0.3, 0.4) is 0 Å². The number of aryl methyl sites for hydroxylation is 1. The summed E-state index contributed by atoms with van der Waals surface area (Å²) in [7, 11) is 3.09. The normalized spacial score (nSPS) is 11.6. The Kier molecular flexibility index (Phi) is 5.74. The molecule has 1 amide bonds. The Morgan fingerprint density at radius 3 is 2.64 bits per heavy atom. The molecule has 0 N–H and O–H groups in total. The molecule has 0 aliphatic heterocycles. The Morgan fingerprint density at radius 2 is 2.00 bits per heavy atom. The third-order valence-electron chi connectivity index (χ3n) is 4.25. The standard InChI is InChI=1S/C19H19N3O5S/c1-4-21-15-8-6-13(22(24)25)10-17(15)28-19(21)20-18(23)9-12-5-7-14(26-2)11-16(12)27-3/h5-8,10-11H,4,9H2,1-3H3. The number of hydrogen-bond acceptors (Lipinski definition) is 6. The Hall–Kier alpha value is -3.20. The van der Waals surface area contributed by atoms with E-state index >= 15 is 0 Å². The van der Waals surface area contributed by atoms with E-state index in [0.29, 0.717) is 33.1 Å². The number of amides is 1. The first-order valence-corrected chi connectivity index (χ1v) is 9.34. The zero-order valence-corrected chi connectivity index (χ0v) is 16.5. The zero-order valence-electron chi connectivity index (χ0n) is 15.7. The van der Waals surface area contributed by atoms with Gasteiger partial charge in [0.2, 0.25) is 0 Å². The van der Waals surface area contributed by atoms with Gasteiger partial charge in [0, 0.05) is 30.3 Å². The highest BCUT2D eigenvalue weighted by Crippen LogP contribution is 2.26. The molecule has 0 unspecified atom stereocenters. The van der Waals surface area contributed by atoms with Crippen LogP contribution in [0.5, 0.6) is 11.5 Å². The van der Waals surface area contributed by atoms with Gasteiger partial charge in [0.1, 0.15) is 11.5 Å². The van der Waals surface area contributed by atoms with Gasteiger partial charge >= 0.3 is 0 Å². The van der Waals surface area contributed by atoms with E-state index in [2.05, 4.69) is 4.99 Å². The van der Waals surface area contributed by atoms with E-state index in [1.165, 1.54) is 30.6 Å². The number of aromatic nitrogens is 1. The van der Waals surface area contributed by atoms with Crippen LogP contribution >= 0.6 is 11.3 Å². The summed E-state index contributed by atoms with van der Waals surface area (Å²) in [6.45, 7) is 2.53. The van der Waals surface area contributed by atoms with Crippen LogP contribution in [-0.2, 0) is 17.8 Å². The lowest BCUT2D eigenvalue weighted by molar-refractivity contribution is -0.384. The molecule has 0 aliphatic rings. The second-order valence-electron chi connectivity index (χ2n) is 5.90. The number of non-ortho nitro benzene ring substituents is 1. The number of thiazole rings is 1. The fourth-order valence-corrected chi connectivity index (χ4v) is 4.02. The summed E-state index contributed by atoms with van der Waals surface area (Å²) >= 11 is 1.25. The van der Waals surface area contributed by atoms with E-state index in [0.717, 1.165) is 5.52 Å². The number of nitrogens with zero attached hydrogens (tertiary/aromatic N) is 3. The van der Waals surface area contributed by atoms with Crippen LogP contribution in [0.1, 0.15) is 12.5 Å². The number of ether oxygens (including phenoxy) is 2. The van der Waals surface area contributed by atoms with Crippen molar-refractivity contribution in [2.45, 2.75) is 19.9 Å². The van der Waals surface area contributed by atoms with E-state index in [1.54, 1.807) is 31.4 Å². The minimum atomic E-state index is -0.437. The lowest BCUT2D eigenvalue weighted by atomic mass is 10.1. The first-order chi connectivity index (χ1) is 13.5. The Morgan fingerprint density at radius 1 is 1.21 bits per heavy atom. The molecular weight excluding hydrogens is 382 g/mol. The van der Waals surface area contributed by atoms with Gasteiger partial charge < -0.3 is 14.0 Å². The third kappa shape index (κ3) is 3.89. The Labute approximate surface area is 164 Å². The molecule has 1 aromatic heterocycles. The molecule has 0 aliphatic carbocycles.